The fourth-order valence-electron chi connectivity index (χ4n) is 4.24. The summed E-state index contributed by atoms with van der Waals surface area (Å²) in [5, 5.41) is 7.76. The number of aromatic nitrogens is 2. The highest BCUT2D eigenvalue weighted by atomic mass is 32.2. The Morgan fingerprint density at radius 2 is 1.90 bits per heavy atom. The van der Waals surface area contributed by atoms with Gasteiger partial charge in [0.1, 0.15) is 22.4 Å². The van der Waals surface area contributed by atoms with Crippen LogP contribution in [0.4, 0.5) is 5.69 Å². The van der Waals surface area contributed by atoms with Gasteiger partial charge < -0.3 is 9.64 Å². The van der Waals surface area contributed by atoms with E-state index in [0.717, 1.165) is 67.5 Å². The molecule has 5 rings (SSSR count). The van der Waals surface area contributed by atoms with Crippen molar-refractivity contribution in [1.82, 2.24) is 15.2 Å². The molecule has 2 aromatic carbocycles. The summed E-state index contributed by atoms with van der Waals surface area (Å²) in [6, 6.07) is 11.4. The standard InChI is InChI=1S/C22H24N4O4S/c1-31(27,28)25-18-3-5-21-17(15-18)6-8-22(29-21)9-12-26(13-10-22)11-7-16-2-4-19-20(14-16)24-30-23-19/h2-6,8,14-15,25H,7,9-13H2,1H3. The monoisotopic (exact) mass is 440 g/mol. The lowest BCUT2D eigenvalue weighted by atomic mass is 9.88. The molecule has 1 fully saturated rings. The summed E-state index contributed by atoms with van der Waals surface area (Å²) in [5.74, 6) is 0.796. The van der Waals surface area contributed by atoms with Crippen molar-refractivity contribution in [2.24, 2.45) is 0 Å². The summed E-state index contributed by atoms with van der Waals surface area (Å²) in [5.41, 5.74) is 3.94. The number of fused-ring (bicyclic) bond motifs is 2. The van der Waals surface area contributed by atoms with Crippen molar-refractivity contribution < 1.29 is 17.8 Å². The van der Waals surface area contributed by atoms with Crippen LogP contribution < -0.4 is 9.46 Å². The Kier molecular flexibility index (Phi) is 4.94. The van der Waals surface area contributed by atoms with Crippen LogP contribution >= 0.6 is 0 Å². The minimum atomic E-state index is -3.30. The molecule has 1 aromatic heterocycles. The van der Waals surface area contributed by atoms with Gasteiger partial charge in [-0.25, -0.2) is 13.0 Å². The molecule has 0 atom stereocenters. The Balaban J connectivity index is 1.19. The van der Waals surface area contributed by atoms with Crippen molar-refractivity contribution in [3.8, 4) is 5.75 Å². The van der Waals surface area contributed by atoms with Gasteiger partial charge >= 0.3 is 0 Å². The van der Waals surface area contributed by atoms with Gasteiger partial charge in [0, 0.05) is 43.7 Å². The van der Waals surface area contributed by atoms with Crippen LogP contribution in [0.1, 0.15) is 24.0 Å². The maximum Gasteiger partial charge on any atom is 0.229 e. The Bertz CT molecular complexity index is 1240. The second kappa shape index (κ2) is 7.65. The van der Waals surface area contributed by atoms with Crippen LogP contribution in [-0.2, 0) is 16.4 Å². The molecule has 0 unspecified atom stereocenters. The number of benzene rings is 2. The maximum absolute atomic E-state index is 11.5. The summed E-state index contributed by atoms with van der Waals surface area (Å²) >= 11 is 0. The Labute approximate surface area is 180 Å². The van der Waals surface area contributed by atoms with Crippen LogP contribution in [-0.4, -0.2) is 55.1 Å². The van der Waals surface area contributed by atoms with E-state index in [1.165, 1.54) is 5.56 Å². The fourth-order valence-corrected chi connectivity index (χ4v) is 4.79. The number of hydrogen-bond donors (Lipinski definition) is 1. The predicted octanol–water partition coefficient (Wildman–Crippen LogP) is 3.08. The van der Waals surface area contributed by atoms with E-state index in [0.29, 0.717) is 5.69 Å². The Morgan fingerprint density at radius 3 is 2.71 bits per heavy atom. The van der Waals surface area contributed by atoms with Crippen LogP contribution in [0.25, 0.3) is 17.1 Å². The lowest BCUT2D eigenvalue weighted by molar-refractivity contribution is 0.0392. The molecule has 2 aliphatic rings. The molecule has 2 aliphatic heterocycles. The van der Waals surface area contributed by atoms with Gasteiger partial charge in [-0.3, -0.25) is 4.72 Å². The van der Waals surface area contributed by atoms with E-state index < -0.39 is 10.0 Å². The zero-order valence-corrected chi connectivity index (χ0v) is 18.1. The number of nitrogens with one attached hydrogen (secondary N) is 1. The first-order valence-corrected chi connectivity index (χ1v) is 12.2. The normalized spacial score (nSPS) is 18.1. The molecule has 1 N–H and O–H groups in total. The van der Waals surface area contributed by atoms with Gasteiger partial charge in [-0.2, -0.15) is 0 Å². The van der Waals surface area contributed by atoms with E-state index in [1.54, 1.807) is 12.1 Å². The van der Waals surface area contributed by atoms with Crippen LogP contribution in [0.5, 0.6) is 5.75 Å². The third kappa shape index (κ3) is 4.42. The van der Waals surface area contributed by atoms with Crippen molar-refractivity contribution in [3.05, 3.63) is 53.6 Å². The molecular formula is C22H24N4O4S. The first kappa shape index (κ1) is 20.0. The lowest BCUT2D eigenvalue weighted by Crippen LogP contribution is -2.48. The minimum absolute atomic E-state index is 0.291. The number of nitrogens with zero attached hydrogens (tertiary/aromatic N) is 3. The first-order valence-electron chi connectivity index (χ1n) is 10.3. The van der Waals surface area contributed by atoms with Crippen molar-refractivity contribution in [1.29, 1.82) is 0 Å². The summed E-state index contributed by atoms with van der Waals surface area (Å²) in [4.78, 5) is 2.46. The number of anilines is 1. The average Bonchev–Trinajstić information content (AvgIpc) is 3.20. The van der Waals surface area contributed by atoms with Crippen molar-refractivity contribution in [2.45, 2.75) is 24.9 Å². The number of ether oxygens (including phenoxy) is 1. The molecule has 0 saturated carbocycles. The van der Waals surface area contributed by atoms with E-state index >= 15 is 0 Å². The SMILES string of the molecule is CS(=O)(=O)Nc1ccc2c(c1)C=CC1(CCN(CCc3ccc4nonc4c3)CC1)O2. The van der Waals surface area contributed by atoms with Gasteiger partial charge in [0.2, 0.25) is 10.0 Å². The fraction of sp³-hybridized carbons (Fsp3) is 0.364. The molecule has 3 aromatic rings. The zero-order valence-electron chi connectivity index (χ0n) is 17.2. The van der Waals surface area contributed by atoms with Crippen molar-refractivity contribution in [3.63, 3.8) is 0 Å². The van der Waals surface area contributed by atoms with Crippen LogP contribution in [0.3, 0.4) is 0 Å². The summed E-state index contributed by atoms with van der Waals surface area (Å²) in [6.45, 7) is 2.90. The van der Waals surface area contributed by atoms with Gasteiger partial charge in [0.25, 0.3) is 0 Å². The predicted molar refractivity (Wildman–Crippen MR) is 118 cm³/mol. The largest absolute Gasteiger partial charge is 0.482 e. The van der Waals surface area contributed by atoms with Gasteiger partial charge in [0.05, 0.1) is 6.26 Å². The van der Waals surface area contributed by atoms with Crippen LogP contribution in [0.2, 0.25) is 0 Å². The first-order chi connectivity index (χ1) is 14.9. The van der Waals surface area contributed by atoms with Crippen LogP contribution in [0.15, 0.2) is 47.1 Å². The molecule has 8 nitrogen and oxygen atoms in total. The highest BCUT2D eigenvalue weighted by molar-refractivity contribution is 7.92. The van der Waals surface area contributed by atoms with E-state index in [9.17, 15) is 8.42 Å². The van der Waals surface area contributed by atoms with E-state index in [2.05, 4.69) is 32.1 Å². The molecular weight excluding hydrogens is 416 g/mol. The number of likely N-dealkylation sites (tertiary alicyclic amines) is 1. The number of rotatable bonds is 5. The number of piperidine rings is 1. The number of sulfonamides is 1. The molecule has 0 bridgehead atoms. The van der Waals surface area contributed by atoms with Gasteiger partial charge in [-0.1, -0.05) is 12.1 Å². The van der Waals surface area contributed by atoms with E-state index in [1.807, 2.05) is 24.3 Å². The second-order valence-electron chi connectivity index (χ2n) is 8.31. The molecule has 0 aliphatic carbocycles. The topological polar surface area (TPSA) is 97.6 Å². The second-order valence-corrected chi connectivity index (χ2v) is 10.1. The zero-order chi connectivity index (χ0) is 21.5. The summed E-state index contributed by atoms with van der Waals surface area (Å²) in [7, 11) is -3.30. The van der Waals surface area contributed by atoms with Crippen molar-refractivity contribution >= 4 is 32.8 Å². The molecule has 1 spiro atoms. The molecule has 1 saturated heterocycles. The minimum Gasteiger partial charge on any atom is -0.482 e. The summed E-state index contributed by atoms with van der Waals surface area (Å²) < 4.78 is 36.6. The van der Waals surface area contributed by atoms with Gasteiger partial charge in [-0.15, -0.1) is 0 Å². The van der Waals surface area contributed by atoms with Gasteiger partial charge in [0.15, 0.2) is 0 Å². The molecule has 9 heteroatoms. The Morgan fingerprint density at radius 1 is 1.10 bits per heavy atom. The van der Waals surface area contributed by atoms with Crippen molar-refractivity contribution in [2.75, 3.05) is 30.6 Å². The number of hydrogen-bond acceptors (Lipinski definition) is 7. The van der Waals surface area contributed by atoms with Gasteiger partial charge in [-0.05, 0) is 58.7 Å². The highest BCUT2D eigenvalue weighted by Gasteiger charge is 2.36. The molecule has 162 valence electrons. The van der Waals surface area contributed by atoms with Crippen LogP contribution in [0, 0.1) is 0 Å². The molecule has 31 heavy (non-hydrogen) atoms. The maximum atomic E-state index is 11.5. The third-order valence-corrected chi connectivity index (χ3v) is 6.54. The molecule has 0 amide bonds. The molecule has 3 heterocycles. The van der Waals surface area contributed by atoms with E-state index in [4.69, 9.17) is 9.37 Å². The summed E-state index contributed by atoms with van der Waals surface area (Å²) in [6.07, 6.45) is 8.10. The Hall–Kier alpha value is -2.91. The smallest absolute Gasteiger partial charge is 0.229 e. The average molecular weight is 441 g/mol. The van der Waals surface area contributed by atoms with E-state index in [-0.39, 0.29) is 5.60 Å². The quantitative estimate of drug-likeness (QED) is 0.651. The third-order valence-electron chi connectivity index (χ3n) is 5.93. The highest BCUT2D eigenvalue weighted by Crippen LogP contribution is 2.38. The molecule has 0 radical (unpaired) electrons. The lowest BCUT2D eigenvalue weighted by Gasteiger charge is -2.42.